The molecule has 7 nitrogen and oxygen atoms in total. The Bertz CT molecular complexity index is 758. The van der Waals surface area contributed by atoms with Crippen molar-refractivity contribution in [2.75, 3.05) is 13.7 Å². The van der Waals surface area contributed by atoms with E-state index in [1.54, 1.807) is 19.1 Å². The van der Waals surface area contributed by atoms with Crippen LogP contribution in [-0.4, -0.2) is 40.1 Å². The van der Waals surface area contributed by atoms with Crippen LogP contribution in [-0.2, 0) is 29.1 Å². The minimum absolute atomic E-state index is 0.0422. The van der Waals surface area contributed by atoms with Gasteiger partial charge in [0, 0.05) is 0 Å². The van der Waals surface area contributed by atoms with Crippen molar-refractivity contribution < 1.29 is 27.5 Å². The lowest BCUT2D eigenvalue weighted by Crippen LogP contribution is -2.41. The first-order valence-electron chi connectivity index (χ1n) is 7.90. The quantitative estimate of drug-likeness (QED) is 0.501. The molecule has 0 aliphatic carbocycles. The Morgan fingerprint density at radius 1 is 1.27 bits per heavy atom. The molecule has 0 spiro atoms. The van der Waals surface area contributed by atoms with E-state index < -0.39 is 28.0 Å². The molecule has 0 saturated heterocycles. The maximum absolute atomic E-state index is 12.5. The highest BCUT2D eigenvalue weighted by molar-refractivity contribution is 7.89. The van der Waals surface area contributed by atoms with Gasteiger partial charge >= 0.3 is 11.9 Å². The van der Waals surface area contributed by atoms with E-state index in [0.29, 0.717) is 0 Å². The number of hydrogen-bond donors (Lipinski definition) is 1. The van der Waals surface area contributed by atoms with Crippen molar-refractivity contribution in [1.29, 1.82) is 0 Å². The second-order valence-electron chi connectivity index (χ2n) is 5.36. The van der Waals surface area contributed by atoms with E-state index in [9.17, 15) is 18.0 Å². The van der Waals surface area contributed by atoms with Gasteiger partial charge in [0.1, 0.15) is 11.1 Å². The maximum Gasteiger partial charge on any atom is 0.349 e. The van der Waals surface area contributed by atoms with E-state index in [0.717, 1.165) is 5.56 Å². The molecule has 1 aromatic carbocycles. The van der Waals surface area contributed by atoms with Gasteiger partial charge in [-0.05, 0) is 38.8 Å². The fourth-order valence-corrected chi connectivity index (χ4v) is 3.40. The van der Waals surface area contributed by atoms with Gasteiger partial charge in [-0.25, -0.2) is 13.2 Å². The molecule has 1 N–H and O–H groups in total. The molecular formula is C17H22ClNO6S. The average molecular weight is 404 g/mol. The molecule has 9 heteroatoms. The third-order valence-electron chi connectivity index (χ3n) is 3.36. The molecule has 0 saturated carbocycles. The number of ether oxygens (including phenoxy) is 2. The second-order valence-corrected chi connectivity index (χ2v) is 7.48. The number of benzene rings is 1. The molecule has 1 rings (SSSR count). The van der Waals surface area contributed by atoms with Crippen molar-refractivity contribution in [2.45, 2.75) is 37.6 Å². The standard InChI is InChI=1S/C17H22ClNO6S/c1-4-25-17(21)15(7-5-6-14(18)16(20)24-3)19-26(22,23)13-10-8-12(2)9-11-13/h6,8-11,15,19H,4-5,7H2,1-3H3/b14-6-. The molecular weight excluding hydrogens is 382 g/mol. The Morgan fingerprint density at radius 3 is 2.42 bits per heavy atom. The minimum atomic E-state index is -3.91. The van der Waals surface area contributed by atoms with Crippen LogP contribution in [0.2, 0.25) is 0 Å². The molecule has 0 amide bonds. The molecule has 26 heavy (non-hydrogen) atoms. The van der Waals surface area contributed by atoms with Crippen LogP contribution in [0.3, 0.4) is 0 Å². The summed E-state index contributed by atoms with van der Waals surface area (Å²) in [6.45, 7) is 3.57. The van der Waals surface area contributed by atoms with Crippen LogP contribution in [0.25, 0.3) is 0 Å². The van der Waals surface area contributed by atoms with Gasteiger partial charge in [-0.2, -0.15) is 4.72 Å². The Kier molecular flexibility index (Phi) is 8.77. The molecule has 1 unspecified atom stereocenters. The predicted molar refractivity (Wildman–Crippen MR) is 97.1 cm³/mol. The Balaban J connectivity index is 2.91. The zero-order valence-electron chi connectivity index (χ0n) is 14.8. The lowest BCUT2D eigenvalue weighted by atomic mass is 10.1. The smallest absolute Gasteiger partial charge is 0.349 e. The van der Waals surface area contributed by atoms with E-state index in [-0.39, 0.29) is 29.4 Å². The van der Waals surface area contributed by atoms with Crippen molar-refractivity contribution >= 4 is 33.6 Å². The van der Waals surface area contributed by atoms with E-state index in [1.165, 1.54) is 25.3 Å². The number of halogens is 1. The Hall–Kier alpha value is -1.90. The molecule has 144 valence electrons. The number of esters is 2. The fraction of sp³-hybridized carbons (Fsp3) is 0.412. The fourth-order valence-electron chi connectivity index (χ4n) is 2.00. The summed E-state index contributed by atoms with van der Waals surface area (Å²) in [6, 6.07) is 5.11. The largest absolute Gasteiger partial charge is 0.465 e. The maximum atomic E-state index is 12.5. The van der Waals surface area contributed by atoms with E-state index >= 15 is 0 Å². The molecule has 0 heterocycles. The number of hydrogen-bond acceptors (Lipinski definition) is 6. The number of methoxy groups -OCH3 is 1. The molecule has 0 fully saturated rings. The van der Waals surface area contributed by atoms with E-state index in [4.69, 9.17) is 16.3 Å². The molecule has 0 aliphatic rings. The first-order chi connectivity index (χ1) is 12.2. The molecule has 1 aromatic rings. The Morgan fingerprint density at radius 2 is 1.88 bits per heavy atom. The van der Waals surface area contributed by atoms with Gasteiger partial charge in [0.05, 0.1) is 18.6 Å². The van der Waals surface area contributed by atoms with Crippen LogP contribution in [0.4, 0.5) is 0 Å². The highest BCUT2D eigenvalue weighted by atomic mass is 35.5. The zero-order chi connectivity index (χ0) is 19.7. The van der Waals surface area contributed by atoms with Gasteiger partial charge < -0.3 is 9.47 Å². The van der Waals surface area contributed by atoms with Crippen molar-refractivity contribution in [1.82, 2.24) is 4.72 Å². The number of nitrogens with one attached hydrogen (secondary N) is 1. The number of aryl methyl sites for hydroxylation is 1. The van der Waals surface area contributed by atoms with Crippen molar-refractivity contribution in [3.8, 4) is 0 Å². The summed E-state index contributed by atoms with van der Waals surface area (Å²) in [4.78, 5) is 23.4. The van der Waals surface area contributed by atoms with E-state index in [2.05, 4.69) is 9.46 Å². The van der Waals surface area contributed by atoms with Gasteiger partial charge in [0.25, 0.3) is 0 Å². The van der Waals surface area contributed by atoms with Crippen LogP contribution >= 0.6 is 11.6 Å². The molecule has 1 atom stereocenters. The van der Waals surface area contributed by atoms with Crippen molar-refractivity contribution in [3.05, 3.63) is 40.9 Å². The summed E-state index contributed by atoms with van der Waals surface area (Å²) in [5.74, 6) is -1.41. The summed E-state index contributed by atoms with van der Waals surface area (Å²) in [5.41, 5.74) is 0.911. The normalized spacial score (nSPS) is 13.2. The first-order valence-corrected chi connectivity index (χ1v) is 9.77. The summed E-state index contributed by atoms with van der Waals surface area (Å²) in [5, 5.41) is -0.142. The van der Waals surface area contributed by atoms with Crippen LogP contribution in [0.1, 0.15) is 25.3 Å². The van der Waals surface area contributed by atoms with Gasteiger partial charge in [0.2, 0.25) is 10.0 Å². The van der Waals surface area contributed by atoms with Gasteiger partial charge in [0.15, 0.2) is 0 Å². The number of rotatable bonds is 9. The summed E-state index contributed by atoms with van der Waals surface area (Å²) in [6.07, 6.45) is 1.60. The summed E-state index contributed by atoms with van der Waals surface area (Å²) in [7, 11) is -2.72. The topological polar surface area (TPSA) is 98.8 Å². The number of carbonyl (C=O) groups is 2. The van der Waals surface area contributed by atoms with Gasteiger partial charge in [-0.3, -0.25) is 4.79 Å². The molecule has 0 aromatic heterocycles. The molecule has 0 radical (unpaired) electrons. The molecule has 0 bridgehead atoms. The zero-order valence-corrected chi connectivity index (χ0v) is 16.4. The molecule has 0 aliphatic heterocycles. The first kappa shape index (κ1) is 22.1. The third-order valence-corrected chi connectivity index (χ3v) is 5.16. The minimum Gasteiger partial charge on any atom is -0.465 e. The highest BCUT2D eigenvalue weighted by Gasteiger charge is 2.26. The number of carbonyl (C=O) groups excluding carboxylic acids is 2. The summed E-state index contributed by atoms with van der Waals surface area (Å²) >= 11 is 5.73. The Labute approximate surface area is 158 Å². The van der Waals surface area contributed by atoms with Crippen molar-refractivity contribution in [3.63, 3.8) is 0 Å². The predicted octanol–water partition coefficient (Wildman–Crippen LogP) is 2.28. The second kappa shape index (κ2) is 10.3. The van der Waals surface area contributed by atoms with Gasteiger partial charge in [-0.1, -0.05) is 35.4 Å². The SMILES string of the molecule is CCOC(=O)C(CC/C=C(\Cl)C(=O)OC)NS(=O)(=O)c1ccc(C)cc1. The highest BCUT2D eigenvalue weighted by Crippen LogP contribution is 2.14. The lowest BCUT2D eigenvalue weighted by molar-refractivity contribution is -0.145. The van der Waals surface area contributed by atoms with E-state index in [1.807, 2.05) is 6.92 Å². The van der Waals surface area contributed by atoms with Crippen molar-refractivity contribution in [2.24, 2.45) is 0 Å². The van der Waals surface area contributed by atoms with Crippen LogP contribution in [0.15, 0.2) is 40.3 Å². The van der Waals surface area contributed by atoms with Gasteiger partial charge in [-0.15, -0.1) is 0 Å². The van der Waals surface area contributed by atoms with Crippen LogP contribution in [0, 0.1) is 6.92 Å². The number of sulfonamides is 1. The average Bonchev–Trinajstić information content (AvgIpc) is 2.60. The summed E-state index contributed by atoms with van der Waals surface area (Å²) < 4.78 is 36.7. The lowest BCUT2D eigenvalue weighted by Gasteiger charge is -2.17. The number of allylic oxidation sites excluding steroid dienone is 1. The van der Waals surface area contributed by atoms with Crippen LogP contribution < -0.4 is 4.72 Å². The monoisotopic (exact) mass is 403 g/mol. The van der Waals surface area contributed by atoms with Crippen LogP contribution in [0.5, 0.6) is 0 Å². The third kappa shape index (κ3) is 6.78.